The summed E-state index contributed by atoms with van der Waals surface area (Å²) in [5.74, 6) is 0. The molecule has 0 saturated carbocycles. The van der Waals surface area contributed by atoms with E-state index >= 15 is 0 Å². The molecule has 1 heterocycles. The van der Waals surface area contributed by atoms with Crippen LogP contribution in [0.1, 0.15) is 0 Å². The van der Waals surface area contributed by atoms with E-state index in [-0.39, 0.29) is 0 Å². The van der Waals surface area contributed by atoms with E-state index < -0.39 is 0 Å². The molecule has 0 aliphatic rings. The van der Waals surface area contributed by atoms with Crippen LogP contribution in [0.5, 0.6) is 0 Å². The number of aromatic nitrogens is 2. The first-order valence-electron chi connectivity index (χ1n) is 3.00. The van der Waals surface area contributed by atoms with Crippen LogP contribution >= 0.6 is 51.1 Å². The SMILES string of the molecule is CSc1nc(Br)nc(Cl)c1SC. The molecule has 1 aromatic rings. The summed E-state index contributed by atoms with van der Waals surface area (Å²) in [7, 11) is 0. The molecule has 0 aliphatic carbocycles. The fraction of sp³-hybridized carbons (Fsp3) is 0.333. The van der Waals surface area contributed by atoms with Gasteiger partial charge >= 0.3 is 0 Å². The lowest BCUT2D eigenvalue weighted by molar-refractivity contribution is 0.932. The normalized spacial score (nSPS) is 10.3. The predicted octanol–water partition coefficient (Wildman–Crippen LogP) is 3.34. The maximum Gasteiger partial charge on any atom is 0.199 e. The summed E-state index contributed by atoms with van der Waals surface area (Å²) in [6.45, 7) is 0. The smallest absolute Gasteiger partial charge is 0.199 e. The van der Waals surface area contributed by atoms with Crippen molar-refractivity contribution in [1.29, 1.82) is 0 Å². The molecule has 0 spiro atoms. The zero-order chi connectivity index (χ0) is 9.14. The van der Waals surface area contributed by atoms with E-state index in [2.05, 4.69) is 25.9 Å². The van der Waals surface area contributed by atoms with E-state index in [0.29, 0.717) is 9.89 Å². The summed E-state index contributed by atoms with van der Waals surface area (Å²) in [6.07, 6.45) is 3.92. The molecule has 0 saturated heterocycles. The summed E-state index contributed by atoms with van der Waals surface area (Å²) < 4.78 is 0.537. The summed E-state index contributed by atoms with van der Waals surface area (Å²) in [6, 6.07) is 0. The number of nitrogens with zero attached hydrogens (tertiary/aromatic N) is 2. The largest absolute Gasteiger partial charge is 0.214 e. The Kier molecular flexibility index (Phi) is 4.16. The molecule has 6 heteroatoms. The highest BCUT2D eigenvalue weighted by molar-refractivity contribution is 9.10. The molecule has 0 unspecified atom stereocenters. The van der Waals surface area contributed by atoms with Crippen LogP contribution in [0.15, 0.2) is 14.7 Å². The van der Waals surface area contributed by atoms with Crippen molar-refractivity contribution in [3.8, 4) is 0 Å². The Hall–Kier alpha value is 0.550. The van der Waals surface area contributed by atoms with Gasteiger partial charge in [-0.1, -0.05) is 11.6 Å². The number of halogens is 2. The van der Waals surface area contributed by atoms with Gasteiger partial charge in [0.05, 0.1) is 4.90 Å². The van der Waals surface area contributed by atoms with Crippen molar-refractivity contribution in [3.63, 3.8) is 0 Å². The minimum absolute atomic E-state index is 0.508. The van der Waals surface area contributed by atoms with E-state index in [4.69, 9.17) is 11.6 Å². The number of hydrogen-bond acceptors (Lipinski definition) is 4. The van der Waals surface area contributed by atoms with Gasteiger partial charge in [-0.15, -0.1) is 23.5 Å². The van der Waals surface area contributed by atoms with Gasteiger partial charge in [0, 0.05) is 0 Å². The van der Waals surface area contributed by atoms with Crippen molar-refractivity contribution in [2.45, 2.75) is 9.92 Å². The van der Waals surface area contributed by atoms with Crippen molar-refractivity contribution in [2.24, 2.45) is 0 Å². The Labute approximate surface area is 93.0 Å². The van der Waals surface area contributed by atoms with Crippen LogP contribution in [0, 0.1) is 0 Å². The zero-order valence-corrected chi connectivity index (χ0v) is 10.4. The molecule has 0 bridgehead atoms. The summed E-state index contributed by atoms with van der Waals surface area (Å²) in [4.78, 5) is 9.11. The molecule has 0 atom stereocenters. The highest BCUT2D eigenvalue weighted by atomic mass is 79.9. The predicted molar refractivity (Wildman–Crippen MR) is 58.3 cm³/mol. The van der Waals surface area contributed by atoms with Crippen LogP contribution in [0.4, 0.5) is 0 Å². The second-order valence-electron chi connectivity index (χ2n) is 1.83. The summed E-state index contributed by atoms with van der Waals surface area (Å²) in [5.41, 5.74) is 0. The first-order valence-corrected chi connectivity index (χ1v) is 6.62. The van der Waals surface area contributed by atoms with Gasteiger partial charge in [-0.2, -0.15) is 0 Å². The Morgan fingerprint density at radius 3 is 2.42 bits per heavy atom. The molecule has 1 aromatic heterocycles. The first kappa shape index (κ1) is 10.6. The van der Waals surface area contributed by atoms with E-state index in [9.17, 15) is 0 Å². The van der Waals surface area contributed by atoms with Gasteiger partial charge in [-0.3, -0.25) is 0 Å². The van der Waals surface area contributed by atoms with Crippen molar-refractivity contribution in [1.82, 2.24) is 9.97 Å². The van der Waals surface area contributed by atoms with Crippen LogP contribution in [-0.2, 0) is 0 Å². The van der Waals surface area contributed by atoms with Crippen LogP contribution < -0.4 is 0 Å². The Morgan fingerprint density at radius 2 is 1.92 bits per heavy atom. The average Bonchev–Trinajstić information content (AvgIpc) is 2.03. The molecule has 12 heavy (non-hydrogen) atoms. The van der Waals surface area contributed by atoms with Crippen LogP contribution in [0.2, 0.25) is 5.15 Å². The van der Waals surface area contributed by atoms with Crippen molar-refractivity contribution in [3.05, 3.63) is 9.89 Å². The van der Waals surface area contributed by atoms with E-state index in [1.54, 1.807) is 23.5 Å². The standard InChI is InChI=1S/C6H6BrClN2S2/c1-11-3-4(8)9-6(7)10-5(3)12-2/h1-2H3. The van der Waals surface area contributed by atoms with E-state index in [1.807, 2.05) is 12.5 Å². The fourth-order valence-corrected chi connectivity index (χ4v) is 3.11. The third-order valence-electron chi connectivity index (χ3n) is 1.16. The van der Waals surface area contributed by atoms with Gasteiger partial charge in [0.2, 0.25) is 0 Å². The first-order chi connectivity index (χ1) is 5.69. The lowest BCUT2D eigenvalue weighted by Crippen LogP contribution is -1.90. The Balaban J connectivity index is 3.24. The summed E-state index contributed by atoms with van der Waals surface area (Å²) >= 11 is 12.2. The molecule has 1 rings (SSSR count). The van der Waals surface area contributed by atoms with Crippen LogP contribution in [-0.4, -0.2) is 22.5 Å². The highest BCUT2D eigenvalue weighted by Gasteiger charge is 2.09. The van der Waals surface area contributed by atoms with Gasteiger partial charge in [0.15, 0.2) is 4.73 Å². The van der Waals surface area contributed by atoms with Gasteiger partial charge in [0.1, 0.15) is 10.2 Å². The van der Waals surface area contributed by atoms with Crippen LogP contribution in [0.25, 0.3) is 0 Å². The zero-order valence-electron chi connectivity index (χ0n) is 6.47. The monoisotopic (exact) mass is 284 g/mol. The average molecular weight is 286 g/mol. The lowest BCUT2D eigenvalue weighted by atomic mass is 10.7. The van der Waals surface area contributed by atoms with Gasteiger partial charge < -0.3 is 0 Å². The minimum atomic E-state index is 0.508. The molecule has 0 aromatic carbocycles. The minimum Gasteiger partial charge on any atom is -0.214 e. The van der Waals surface area contributed by atoms with Crippen molar-refractivity contribution >= 4 is 51.1 Å². The molecule has 66 valence electrons. The highest BCUT2D eigenvalue weighted by Crippen LogP contribution is 2.32. The third kappa shape index (κ3) is 2.28. The molecule has 0 aliphatic heterocycles. The number of thioether (sulfide) groups is 2. The molecule has 0 fully saturated rings. The third-order valence-corrected chi connectivity index (χ3v) is 3.51. The van der Waals surface area contributed by atoms with Crippen LogP contribution in [0.3, 0.4) is 0 Å². The topological polar surface area (TPSA) is 25.8 Å². The Bertz CT molecular complexity index is 295. The van der Waals surface area contributed by atoms with E-state index in [0.717, 1.165) is 9.92 Å². The maximum absolute atomic E-state index is 5.90. The van der Waals surface area contributed by atoms with E-state index in [1.165, 1.54) is 0 Å². The summed E-state index contributed by atoms with van der Waals surface area (Å²) in [5, 5.41) is 1.42. The Morgan fingerprint density at radius 1 is 1.25 bits per heavy atom. The van der Waals surface area contributed by atoms with Gasteiger partial charge in [0.25, 0.3) is 0 Å². The number of hydrogen-bond donors (Lipinski definition) is 0. The second kappa shape index (κ2) is 4.69. The molecule has 2 nitrogen and oxygen atoms in total. The van der Waals surface area contributed by atoms with Crippen molar-refractivity contribution in [2.75, 3.05) is 12.5 Å². The quantitative estimate of drug-likeness (QED) is 0.473. The van der Waals surface area contributed by atoms with Gasteiger partial charge in [-0.05, 0) is 28.4 Å². The number of rotatable bonds is 2. The van der Waals surface area contributed by atoms with Crippen molar-refractivity contribution < 1.29 is 0 Å². The molecule has 0 radical (unpaired) electrons. The lowest BCUT2D eigenvalue weighted by Gasteiger charge is -2.04. The molecule has 0 N–H and O–H groups in total. The van der Waals surface area contributed by atoms with Gasteiger partial charge in [-0.25, -0.2) is 9.97 Å². The molecular formula is C6H6BrClN2S2. The molecule has 0 amide bonds. The molecular weight excluding hydrogens is 280 g/mol. The maximum atomic E-state index is 5.90. The fourth-order valence-electron chi connectivity index (χ4n) is 0.689. The second-order valence-corrected chi connectivity index (χ2v) is 4.50.